The lowest BCUT2D eigenvalue weighted by Crippen LogP contribution is -2.14. The number of carbonyl (C=O) groups is 1. The van der Waals surface area contributed by atoms with Gasteiger partial charge in [-0.15, -0.1) is 0 Å². The average Bonchev–Trinajstić information content (AvgIpc) is 2.81. The number of hydrogen-bond donors (Lipinski definition) is 2. The lowest BCUT2D eigenvalue weighted by atomic mass is 10.0. The van der Waals surface area contributed by atoms with E-state index in [0.29, 0.717) is 5.92 Å². The maximum Gasteiger partial charge on any atom is 0.221 e. The van der Waals surface area contributed by atoms with Gasteiger partial charge in [0.25, 0.3) is 0 Å². The maximum absolute atomic E-state index is 10.9. The molecule has 118 valence electrons. The van der Waals surface area contributed by atoms with E-state index in [4.69, 9.17) is 0 Å². The highest BCUT2D eigenvalue weighted by Gasteiger charge is 2.18. The van der Waals surface area contributed by atoms with E-state index >= 15 is 0 Å². The Kier molecular flexibility index (Phi) is 8.06. The van der Waals surface area contributed by atoms with Crippen LogP contribution in [0.1, 0.15) is 64.0 Å². The molecule has 0 bridgehead atoms. The van der Waals surface area contributed by atoms with Crippen LogP contribution >= 0.6 is 0 Å². The van der Waals surface area contributed by atoms with E-state index < -0.39 is 0 Å². The molecule has 0 spiro atoms. The Morgan fingerprint density at radius 1 is 1.24 bits per heavy atom. The van der Waals surface area contributed by atoms with Crippen molar-refractivity contribution >= 4 is 11.6 Å². The second kappa shape index (κ2) is 9.56. The first-order valence-electron chi connectivity index (χ1n) is 8.19. The van der Waals surface area contributed by atoms with E-state index in [2.05, 4.69) is 43.5 Å². The van der Waals surface area contributed by atoms with Crippen molar-refractivity contribution in [1.29, 1.82) is 0 Å². The SMILES string of the molecule is CC(=O)Nc1ccc2c(c1)C(C)CC2.CCCNCCC. The van der Waals surface area contributed by atoms with Crippen LogP contribution in [0.15, 0.2) is 18.2 Å². The summed E-state index contributed by atoms with van der Waals surface area (Å²) in [7, 11) is 0. The van der Waals surface area contributed by atoms with E-state index in [9.17, 15) is 4.79 Å². The fourth-order valence-electron chi connectivity index (χ4n) is 2.57. The molecule has 1 aromatic rings. The van der Waals surface area contributed by atoms with Crippen LogP contribution in [0.2, 0.25) is 0 Å². The molecule has 1 aliphatic carbocycles. The van der Waals surface area contributed by atoms with Crippen molar-refractivity contribution in [2.24, 2.45) is 0 Å². The van der Waals surface area contributed by atoms with Crippen LogP contribution in [0.5, 0.6) is 0 Å². The Morgan fingerprint density at radius 3 is 2.48 bits per heavy atom. The molecule has 3 heteroatoms. The lowest BCUT2D eigenvalue weighted by molar-refractivity contribution is -0.114. The summed E-state index contributed by atoms with van der Waals surface area (Å²) in [5.74, 6) is 0.634. The number of rotatable bonds is 5. The highest BCUT2D eigenvalue weighted by atomic mass is 16.1. The van der Waals surface area contributed by atoms with Gasteiger partial charge in [0.1, 0.15) is 0 Å². The Morgan fingerprint density at radius 2 is 1.90 bits per heavy atom. The Balaban J connectivity index is 0.000000270. The topological polar surface area (TPSA) is 41.1 Å². The van der Waals surface area contributed by atoms with Crippen LogP contribution in [0, 0.1) is 0 Å². The van der Waals surface area contributed by atoms with Gasteiger partial charge in [0, 0.05) is 12.6 Å². The van der Waals surface area contributed by atoms with Crippen LogP contribution in [0.25, 0.3) is 0 Å². The molecular formula is C18H30N2O. The molecule has 1 aromatic carbocycles. The summed E-state index contributed by atoms with van der Waals surface area (Å²) in [4.78, 5) is 10.9. The van der Waals surface area contributed by atoms with Gasteiger partial charge >= 0.3 is 0 Å². The molecule has 0 heterocycles. The summed E-state index contributed by atoms with van der Waals surface area (Å²) in [6.07, 6.45) is 4.91. The second-order valence-corrected chi connectivity index (χ2v) is 5.78. The van der Waals surface area contributed by atoms with Gasteiger partial charge in [-0.2, -0.15) is 0 Å². The van der Waals surface area contributed by atoms with Gasteiger partial charge in [-0.25, -0.2) is 0 Å². The lowest BCUT2D eigenvalue weighted by Gasteiger charge is -2.07. The smallest absolute Gasteiger partial charge is 0.221 e. The average molecular weight is 290 g/mol. The monoisotopic (exact) mass is 290 g/mol. The Labute approximate surface area is 129 Å². The van der Waals surface area contributed by atoms with Crippen LogP contribution in [0.3, 0.4) is 0 Å². The molecule has 0 saturated heterocycles. The van der Waals surface area contributed by atoms with Crippen molar-refractivity contribution in [3.63, 3.8) is 0 Å². The molecule has 1 atom stereocenters. The normalized spacial score (nSPS) is 15.9. The minimum absolute atomic E-state index is 0.00407. The molecule has 3 nitrogen and oxygen atoms in total. The molecule has 2 rings (SSSR count). The number of aryl methyl sites for hydroxylation is 1. The number of carbonyl (C=O) groups excluding carboxylic acids is 1. The van der Waals surface area contributed by atoms with Gasteiger partial charge in [0.2, 0.25) is 5.91 Å². The third-order valence-electron chi connectivity index (χ3n) is 3.70. The number of amides is 1. The van der Waals surface area contributed by atoms with E-state index in [1.165, 1.54) is 56.8 Å². The second-order valence-electron chi connectivity index (χ2n) is 5.78. The number of fused-ring (bicyclic) bond motifs is 1. The maximum atomic E-state index is 10.9. The molecule has 1 aliphatic rings. The molecule has 0 fully saturated rings. The van der Waals surface area contributed by atoms with Gasteiger partial charge in [0.05, 0.1) is 0 Å². The summed E-state index contributed by atoms with van der Waals surface area (Å²) in [6.45, 7) is 10.5. The standard InChI is InChI=1S/C12H15NO.C6H15N/c1-8-3-4-10-5-6-11(7-12(8)10)13-9(2)14;1-3-5-7-6-4-2/h5-8H,3-4H2,1-2H3,(H,13,14);7H,3-6H2,1-2H3. The largest absolute Gasteiger partial charge is 0.326 e. The van der Waals surface area contributed by atoms with Crippen LogP contribution in [-0.4, -0.2) is 19.0 Å². The van der Waals surface area contributed by atoms with E-state index in [0.717, 1.165) is 5.69 Å². The van der Waals surface area contributed by atoms with Gasteiger partial charge < -0.3 is 10.6 Å². The fourth-order valence-corrected chi connectivity index (χ4v) is 2.57. The highest BCUT2D eigenvalue weighted by molar-refractivity contribution is 5.88. The Hall–Kier alpha value is -1.35. The zero-order valence-electron chi connectivity index (χ0n) is 14.0. The number of benzene rings is 1. The summed E-state index contributed by atoms with van der Waals surface area (Å²) in [6, 6.07) is 6.22. The van der Waals surface area contributed by atoms with Crippen LogP contribution < -0.4 is 10.6 Å². The first-order valence-corrected chi connectivity index (χ1v) is 8.19. The van der Waals surface area contributed by atoms with Crippen molar-refractivity contribution in [1.82, 2.24) is 5.32 Å². The van der Waals surface area contributed by atoms with Gasteiger partial charge in [0.15, 0.2) is 0 Å². The molecule has 0 aliphatic heterocycles. The van der Waals surface area contributed by atoms with Gasteiger partial charge in [-0.05, 0) is 68.0 Å². The van der Waals surface area contributed by atoms with Crippen molar-refractivity contribution in [3.05, 3.63) is 29.3 Å². The third kappa shape index (κ3) is 6.30. The zero-order chi connectivity index (χ0) is 15.7. The number of nitrogens with one attached hydrogen (secondary N) is 2. The summed E-state index contributed by atoms with van der Waals surface area (Å²) >= 11 is 0. The summed E-state index contributed by atoms with van der Waals surface area (Å²) < 4.78 is 0. The molecule has 0 saturated carbocycles. The predicted molar refractivity (Wildman–Crippen MR) is 90.9 cm³/mol. The number of hydrogen-bond acceptors (Lipinski definition) is 2. The third-order valence-corrected chi connectivity index (χ3v) is 3.70. The van der Waals surface area contributed by atoms with Crippen molar-refractivity contribution in [3.8, 4) is 0 Å². The van der Waals surface area contributed by atoms with Crippen LogP contribution in [0.4, 0.5) is 5.69 Å². The fraction of sp³-hybridized carbons (Fsp3) is 0.611. The molecule has 2 N–H and O–H groups in total. The minimum Gasteiger partial charge on any atom is -0.326 e. The number of anilines is 1. The first-order chi connectivity index (χ1) is 10.1. The summed E-state index contributed by atoms with van der Waals surface area (Å²) in [5.41, 5.74) is 3.76. The molecule has 0 radical (unpaired) electrons. The molecular weight excluding hydrogens is 260 g/mol. The van der Waals surface area contributed by atoms with Crippen molar-refractivity contribution < 1.29 is 4.79 Å². The van der Waals surface area contributed by atoms with E-state index in [1.54, 1.807) is 0 Å². The molecule has 21 heavy (non-hydrogen) atoms. The van der Waals surface area contributed by atoms with Crippen LogP contribution in [-0.2, 0) is 11.2 Å². The van der Waals surface area contributed by atoms with Gasteiger partial charge in [-0.1, -0.05) is 26.8 Å². The molecule has 1 amide bonds. The van der Waals surface area contributed by atoms with Crippen molar-refractivity contribution in [2.45, 2.75) is 59.3 Å². The van der Waals surface area contributed by atoms with E-state index in [-0.39, 0.29) is 5.91 Å². The Bertz CT molecular complexity index is 439. The first kappa shape index (κ1) is 17.7. The van der Waals surface area contributed by atoms with E-state index in [1.807, 2.05) is 6.07 Å². The van der Waals surface area contributed by atoms with Crippen molar-refractivity contribution in [2.75, 3.05) is 18.4 Å². The predicted octanol–water partition coefficient (Wildman–Crippen LogP) is 4.09. The zero-order valence-corrected chi connectivity index (χ0v) is 14.0. The minimum atomic E-state index is -0.00407. The quantitative estimate of drug-likeness (QED) is 0.802. The summed E-state index contributed by atoms with van der Waals surface area (Å²) in [5, 5.41) is 6.10. The molecule has 0 aromatic heterocycles. The molecule has 1 unspecified atom stereocenters. The van der Waals surface area contributed by atoms with Gasteiger partial charge in [-0.3, -0.25) is 4.79 Å². The highest BCUT2D eigenvalue weighted by Crippen LogP contribution is 2.34.